The molecule has 3 rings (SSSR count). The molecule has 0 saturated carbocycles. The number of hydrogen-bond acceptors (Lipinski definition) is 3. The Hall–Kier alpha value is -1.46. The molecule has 132 valence electrons. The van der Waals surface area contributed by atoms with Crippen molar-refractivity contribution in [2.24, 2.45) is 5.92 Å². The van der Waals surface area contributed by atoms with E-state index in [9.17, 15) is 9.18 Å². The van der Waals surface area contributed by atoms with Gasteiger partial charge in [0, 0.05) is 25.2 Å². The van der Waals surface area contributed by atoms with Crippen molar-refractivity contribution in [1.82, 2.24) is 15.5 Å². The summed E-state index contributed by atoms with van der Waals surface area (Å²) in [6, 6.07) is 7.33. The number of benzene rings is 1. The van der Waals surface area contributed by atoms with Crippen LogP contribution in [0.1, 0.15) is 38.2 Å². The first-order valence-corrected chi connectivity index (χ1v) is 9.12. The Morgan fingerprint density at radius 2 is 2.25 bits per heavy atom. The predicted molar refractivity (Wildman–Crippen MR) is 93.0 cm³/mol. The van der Waals surface area contributed by atoms with Gasteiger partial charge >= 0.3 is 0 Å². The molecule has 0 bridgehead atoms. The van der Waals surface area contributed by atoms with E-state index in [1.165, 1.54) is 6.07 Å². The number of carbonyl (C=O) groups excluding carboxylic acids is 1. The monoisotopic (exact) mass is 333 g/mol. The van der Waals surface area contributed by atoms with E-state index in [0.29, 0.717) is 12.6 Å². The summed E-state index contributed by atoms with van der Waals surface area (Å²) in [5.74, 6) is 0.0264. The van der Waals surface area contributed by atoms with Crippen molar-refractivity contribution in [3.63, 3.8) is 0 Å². The zero-order chi connectivity index (χ0) is 16.9. The van der Waals surface area contributed by atoms with Gasteiger partial charge in [-0.15, -0.1) is 0 Å². The van der Waals surface area contributed by atoms with Crippen LogP contribution in [0.15, 0.2) is 24.3 Å². The fourth-order valence-electron chi connectivity index (χ4n) is 3.85. The summed E-state index contributed by atoms with van der Waals surface area (Å²) < 4.78 is 13.3. The van der Waals surface area contributed by atoms with Gasteiger partial charge in [0.2, 0.25) is 5.91 Å². The first-order chi connectivity index (χ1) is 11.6. The number of carbonyl (C=O) groups is 1. The van der Waals surface area contributed by atoms with E-state index in [0.717, 1.165) is 50.9 Å². The fraction of sp³-hybridized carbons (Fsp3) is 0.632. The van der Waals surface area contributed by atoms with E-state index < -0.39 is 0 Å². The quantitative estimate of drug-likeness (QED) is 0.889. The smallest absolute Gasteiger partial charge is 0.224 e. The lowest BCUT2D eigenvalue weighted by atomic mass is 9.94. The molecule has 2 saturated heterocycles. The van der Waals surface area contributed by atoms with Gasteiger partial charge in [0.1, 0.15) is 5.82 Å². The Bertz CT molecular complexity index is 565. The first-order valence-electron chi connectivity index (χ1n) is 9.12. The highest BCUT2D eigenvalue weighted by Crippen LogP contribution is 2.20. The van der Waals surface area contributed by atoms with Crippen LogP contribution in [-0.2, 0) is 11.3 Å². The molecule has 3 atom stereocenters. The Balaban J connectivity index is 1.53. The molecule has 1 aromatic rings. The Morgan fingerprint density at radius 1 is 1.38 bits per heavy atom. The zero-order valence-electron chi connectivity index (χ0n) is 14.4. The van der Waals surface area contributed by atoms with Gasteiger partial charge in [0.15, 0.2) is 0 Å². The molecule has 4 nitrogen and oxygen atoms in total. The third-order valence-electron chi connectivity index (χ3n) is 5.26. The minimum absolute atomic E-state index is 0.0430. The van der Waals surface area contributed by atoms with Crippen LogP contribution in [0.25, 0.3) is 0 Å². The number of likely N-dealkylation sites (tertiary alicyclic amines) is 1. The average molecular weight is 333 g/mol. The summed E-state index contributed by atoms with van der Waals surface area (Å²) in [7, 11) is 0. The van der Waals surface area contributed by atoms with Crippen LogP contribution in [0.2, 0.25) is 0 Å². The summed E-state index contributed by atoms with van der Waals surface area (Å²) >= 11 is 0. The van der Waals surface area contributed by atoms with Crippen molar-refractivity contribution in [3.05, 3.63) is 35.6 Å². The molecule has 2 N–H and O–H groups in total. The molecule has 2 heterocycles. The SMILES string of the molecule is CC1NCCCC1NC(=O)C1CCCN(Cc2cccc(F)c2)C1. The molecule has 0 spiro atoms. The summed E-state index contributed by atoms with van der Waals surface area (Å²) in [4.78, 5) is 14.9. The summed E-state index contributed by atoms with van der Waals surface area (Å²) in [6.07, 6.45) is 4.14. The molecule has 1 aromatic carbocycles. The van der Waals surface area contributed by atoms with Crippen LogP contribution in [0, 0.1) is 11.7 Å². The number of nitrogens with one attached hydrogen (secondary N) is 2. The third kappa shape index (κ3) is 4.54. The molecular formula is C19H28FN3O. The molecule has 0 radical (unpaired) electrons. The highest BCUT2D eigenvalue weighted by Gasteiger charge is 2.29. The maximum absolute atomic E-state index is 13.3. The van der Waals surface area contributed by atoms with E-state index in [-0.39, 0.29) is 23.7 Å². The molecule has 5 heteroatoms. The summed E-state index contributed by atoms with van der Waals surface area (Å²) in [5.41, 5.74) is 0.973. The average Bonchev–Trinajstić information content (AvgIpc) is 2.57. The number of nitrogens with zero attached hydrogens (tertiary/aromatic N) is 1. The normalized spacial score (nSPS) is 28.5. The minimum atomic E-state index is -0.197. The van der Waals surface area contributed by atoms with Gasteiger partial charge in [-0.2, -0.15) is 0 Å². The lowest BCUT2D eigenvalue weighted by molar-refractivity contribution is -0.127. The van der Waals surface area contributed by atoms with E-state index in [2.05, 4.69) is 22.5 Å². The van der Waals surface area contributed by atoms with Crippen molar-refractivity contribution in [1.29, 1.82) is 0 Å². The molecule has 1 amide bonds. The molecule has 0 aromatic heterocycles. The number of piperidine rings is 2. The molecule has 24 heavy (non-hydrogen) atoms. The van der Waals surface area contributed by atoms with Gasteiger partial charge in [-0.3, -0.25) is 9.69 Å². The van der Waals surface area contributed by atoms with Crippen molar-refractivity contribution < 1.29 is 9.18 Å². The van der Waals surface area contributed by atoms with Gasteiger partial charge in [-0.05, 0) is 63.4 Å². The Labute approximate surface area is 143 Å². The number of amides is 1. The van der Waals surface area contributed by atoms with Gasteiger partial charge in [0.25, 0.3) is 0 Å². The van der Waals surface area contributed by atoms with E-state index in [1.807, 2.05) is 6.07 Å². The second kappa shape index (κ2) is 8.08. The molecular weight excluding hydrogens is 305 g/mol. The number of halogens is 1. The summed E-state index contributed by atoms with van der Waals surface area (Å²) in [5, 5.41) is 6.67. The van der Waals surface area contributed by atoms with Crippen LogP contribution in [0.5, 0.6) is 0 Å². The highest BCUT2D eigenvalue weighted by molar-refractivity contribution is 5.79. The lowest BCUT2D eigenvalue weighted by Gasteiger charge is -2.35. The van der Waals surface area contributed by atoms with Gasteiger partial charge in [-0.25, -0.2) is 4.39 Å². The fourth-order valence-corrected chi connectivity index (χ4v) is 3.85. The maximum atomic E-state index is 13.3. The van der Waals surface area contributed by atoms with E-state index in [4.69, 9.17) is 0 Å². The van der Waals surface area contributed by atoms with Crippen molar-refractivity contribution in [3.8, 4) is 0 Å². The van der Waals surface area contributed by atoms with E-state index in [1.54, 1.807) is 12.1 Å². The maximum Gasteiger partial charge on any atom is 0.224 e. The van der Waals surface area contributed by atoms with Crippen LogP contribution < -0.4 is 10.6 Å². The zero-order valence-corrected chi connectivity index (χ0v) is 14.4. The van der Waals surface area contributed by atoms with Crippen molar-refractivity contribution in [2.75, 3.05) is 19.6 Å². The second-order valence-electron chi connectivity index (χ2n) is 7.20. The van der Waals surface area contributed by atoms with Gasteiger partial charge in [-0.1, -0.05) is 12.1 Å². The highest BCUT2D eigenvalue weighted by atomic mass is 19.1. The topological polar surface area (TPSA) is 44.4 Å². The molecule has 0 aliphatic carbocycles. The van der Waals surface area contributed by atoms with Gasteiger partial charge in [0.05, 0.1) is 5.92 Å². The minimum Gasteiger partial charge on any atom is -0.352 e. The Morgan fingerprint density at radius 3 is 3.04 bits per heavy atom. The summed E-state index contributed by atoms with van der Waals surface area (Å²) in [6.45, 7) is 5.63. The van der Waals surface area contributed by atoms with Crippen LogP contribution in [-0.4, -0.2) is 42.5 Å². The lowest BCUT2D eigenvalue weighted by Crippen LogP contribution is -2.54. The van der Waals surface area contributed by atoms with Crippen molar-refractivity contribution in [2.45, 2.75) is 51.2 Å². The van der Waals surface area contributed by atoms with Crippen LogP contribution >= 0.6 is 0 Å². The Kier molecular flexibility index (Phi) is 5.85. The standard InChI is InChI=1S/C19H28FN3O/c1-14-18(8-3-9-21-14)22-19(24)16-6-4-10-23(13-16)12-15-5-2-7-17(20)11-15/h2,5,7,11,14,16,18,21H,3-4,6,8-10,12-13H2,1H3,(H,22,24). The number of hydrogen-bond donors (Lipinski definition) is 2. The molecule has 3 unspecified atom stereocenters. The first kappa shape index (κ1) is 17.4. The second-order valence-corrected chi connectivity index (χ2v) is 7.20. The largest absolute Gasteiger partial charge is 0.352 e. The van der Waals surface area contributed by atoms with Crippen LogP contribution in [0.3, 0.4) is 0 Å². The molecule has 2 fully saturated rings. The predicted octanol–water partition coefficient (Wildman–Crippen LogP) is 2.29. The molecule has 2 aliphatic rings. The van der Waals surface area contributed by atoms with Crippen molar-refractivity contribution >= 4 is 5.91 Å². The van der Waals surface area contributed by atoms with Crippen LogP contribution in [0.4, 0.5) is 4.39 Å². The van der Waals surface area contributed by atoms with E-state index >= 15 is 0 Å². The van der Waals surface area contributed by atoms with Gasteiger partial charge < -0.3 is 10.6 Å². The molecule has 2 aliphatic heterocycles. The number of rotatable bonds is 4. The third-order valence-corrected chi connectivity index (χ3v) is 5.26.